The maximum Gasteiger partial charge on any atom is -0.00201 e. The summed E-state index contributed by atoms with van der Waals surface area (Å²) in [5.74, 6) is 1.28. The smallest absolute Gasteiger partial charge is 0.00201 e. The van der Waals surface area contributed by atoms with Gasteiger partial charge in [0.05, 0.1) is 0 Å². The van der Waals surface area contributed by atoms with E-state index < -0.39 is 0 Å². The highest BCUT2D eigenvalue weighted by Gasteiger charge is 2.36. The lowest BCUT2D eigenvalue weighted by molar-refractivity contribution is 0.616. The topological polar surface area (TPSA) is 0 Å². The molecule has 0 heterocycles. The van der Waals surface area contributed by atoms with Crippen LogP contribution < -0.4 is 0 Å². The first-order chi connectivity index (χ1) is 26.3. The van der Waals surface area contributed by atoms with Crippen LogP contribution in [0.25, 0.3) is 88.0 Å². The average Bonchev–Trinajstić information content (AvgIpc) is 3.73. The van der Waals surface area contributed by atoms with Crippen molar-refractivity contribution in [3.05, 3.63) is 193 Å². The van der Waals surface area contributed by atoms with Crippen LogP contribution in [0.15, 0.2) is 182 Å². The number of rotatable bonds is 4. The highest BCUT2D eigenvalue weighted by atomic mass is 14.4. The summed E-state index contributed by atoms with van der Waals surface area (Å²) >= 11 is 0. The van der Waals surface area contributed by atoms with Crippen molar-refractivity contribution in [2.45, 2.75) is 31.1 Å². The van der Waals surface area contributed by atoms with Gasteiger partial charge in [0, 0.05) is 0 Å². The second-order valence-electron chi connectivity index (χ2n) is 15.1. The van der Waals surface area contributed by atoms with E-state index in [1.165, 1.54) is 107 Å². The lowest BCUT2D eigenvalue weighted by Gasteiger charge is -2.31. The Labute approximate surface area is 311 Å². The Balaban J connectivity index is 1.11. The van der Waals surface area contributed by atoms with Gasteiger partial charge in [0.15, 0.2) is 0 Å². The third kappa shape index (κ3) is 4.83. The molecule has 2 unspecified atom stereocenters. The van der Waals surface area contributed by atoms with Crippen molar-refractivity contribution < 1.29 is 0 Å². The van der Waals surface area contributed by atoms with Gasteiger partial charge in [0.25, 0.3) is 0 Å². The average molecular weight is 675 g/mol. The zero-order valence-corrected chi connectivity index (χ0v) is 29.6. The molecule has 250 valence electrons. The zero-order valence-electron chi connectivity index (χ0n) is 29.6. The Morgan fingerprint density at radius 2 is 0.849 bits per heavy atom. The fraction of sp³-hybridized carbons (Fsp3) is 0.0943. The molecule has 0 amide bonds. The summed E-state index contributed by atoms with van der Waals surface area (Å²) in [5, 5.41) is 7.64. The summed E-state index contributed by atoms with van der Waals surface area (Å²) in [6, 6.07) is 68.3. The zero-order chi connectivity index (χ0) is 34.9. The molecule has 0 heteroatoms. The number of hydrogen-bond donors (Lipinski definition) is 0. The van der Waals surface area contributed by atoms with Gasteiger partial charge in [-0.15, -0.1) is 0 Å². The summed E-state index contributed by atoms with van der Waals surface area (Å²) in [6.07, 6.45) is 3.91. The molecule has 9 aromatic carbocycles. The van der Waals surface area contributed by atoms with E-state index in [1.807, 2.05) is 0 Å². The second kappa shape index (κ2) is 12.2. The van der Waals surface area contributed by atoms with Crippen LogP contribution in [0.4, 0.5) is 0 Å². The maximum atomic E-state index is 2.50. The summed E-state index contributed by atoms with van der Waals surface area (Å²) in [7, 11) is 0. The largest absolute Gasteiger partial charge is 0.0619 e. The van der Waals surface area contributed by atoms with E-state index >= 15 is 0 Å². The van der Waals surface area contributed by atoms with Gasteiger partial charge in [-0.05, 0) is 142 Å². The molecule has 0 saturated heterocycles. The van der Waals surface area contributed by atoms with Gasteiger partial charge in [0.1, 0.15) is 0 Å². The molecule has 2 atom stereocenters. The molecular weight excluding hydrogens is 637 g/mol. The van der Waals surface area contributed by atoms with Gasteiger partial charge in [-0.3, -0.25) is 0 Å². The van der Waals surface area contributed by atoms with Crippen LogP contribution in [0, 0.1) is 0 Å². The lowest BCUT2D eigenvalue weighted by Crippen LogP contribution is -2.13. The molecule has 2 aliphatic carbocycles. The minimum Gasteiger partial charge on any atom is -0.0619 e. The minimum absolute atomic E-state index is 0.629. The first-order valence-electron chi connectivity index (χ1n) is 19.2. The van der Waals surface area contributed by atoms with Gasteiger partial charge in [-0.2, -0.15) is 0 Å². The third-order valence-electron chi connectivity index (χ3n) is 12.3. The molecule has 9 aromatic rings. The molecule has 11 rings (SSSR count). The summed E-state index contributed by atoms with van der Waals surface area (Å²) < 4.78 is 0. The Bertz CT molecular complexity index is 2830. The standard InChI is InChI=1S/C53H38/c1-2-14-35-31-37(28-27-34(35)13-1)36-15-11-16-39(32-36)52-47-21-7-9-23-49(47)53(50-24-10-8-22-48(50)52)46-20-6-3-17-40(46)38-29-30-45-43-26-12-25-42(43)41-18-4-5-19-44(41)51(45)33-38/h1-11,13-24,27-33,42-43H,12,25-26H2. The lowest BCUT2D eigenvalue weighted by atomic mass is 9.72. The second-order valence-corrected chi connectivity index (χ2v) is 15.1. The van der Waals surface area contributed by atoms with E-state index in [-0.39, 0.29) is 0 Å². The molecular formula is C53H38. The van der Waals surface area contributed by atoms with Crippen molar-refractivity contribution >= 4 is 32.3 Å². The highest BCUT2D eigenvalue weighted by molar-refractivity contribution is 6.22. The van der Waals surface area contributed by atoms with Crippen molar-refractivity contribution in [2.75, 3.05) is 0 Å². The molecule has 0 aromatic heterocycles. The number of benzene rings is 9. The van der Waals surface area contributed by atoms with E-state index in [9.17, 15) is 0 Å². The van der Waals surface area contributed by atoms with Crippen LogP contribution in [0.5, 0.6) is 0 Å². The van der Waals surface area contributed by atoms with Gasteiger partial charge >= 0.3 is 0 Å². The fourth-order valence-electron chi connectivity index (χ4n) is 9.96. The van der Waals surface area contributed by atoms with Crippen molar-refractivity contribution in [1.29, 1.82) is 0 Å². The normalized spacial score (nSPS) is 16.1. The molecule has 0 radical (unpaired) electrons. The first-order valence-corrected chi connectivity index (χ1v) is 19.2. The van der Waals surface area contributed by atoms with Gasteiger partial charge in [0.2, 0.25) is 0 Å². The van der Waals surface area contributed by atoms with Crippen LogP contribution in [-0.4, -0.2) is 0 Å². The van der Waals surface area contributed by atoms with E-state index in [4.69, 9.17) is 0 Å². The van der Waals surface area contributed by atoms with Crippen LogP contribution in [0.2, 0.25) is 0 Å². The minimum atomic E-state index is 0.629. The Kier molecular flexibility index (Phi) is 6.98. The number of hydrogen-bond acceptors (Lipinski definition) is 0. The van der Waals surface area contributed by atoms with E-state index in [2.05, 4.69) is 182 Å². The third-order valence-corrected chi connectivity index (χ3v) is 12.3. The van der Waals surface area contributed by atoms with Crippen molar-refractivity contribution in [3.8, 4) is 55.6 Å². The maximum absolute atomic E-state index is 2.50. The van der Waals surface area contributed by atoms with Gasteiger partial charge < -0.3 is 0 Å². The van der Waals surface area contributed by atoms with E-state index in [0.717, 1.165) is 0 Å². The first kappa shape index (κ1) is 30.4. The fourth-order valence-corrected chi connectivity index (χ4v) is 9.96. The predicted octanol–water partition coefficient (Wildman–Crippen LogP) is 14.8. The Morgan fingerprint density at radius 1 is 0.302 bits per heavy atom. The number of fused-ring (bicyclic) bond motifs is 9. The molecule has 0 aliphatic heterocycles. The van der Waals surface area contributed by atoms with E-state index in [1.54, 1.807) is 11.1 Å². The quantitative estimate of drug-likeness (QED) is 0.163. The molecule has 1 saturated carbocycles. The van der Waals surface area contributed by atoms with Crippen molar-refractivity contribution in [3.63, 3.8) is 0 Å². The Hall–Kier alpha value is -6.24. The predicted molar refractivity (Wildman–Crippen MR) is 225 cm³/mol. The molecule has 0 spiro atoms. The molecule has 0 bridgehead atoms. The summed E-state index contributed by atoms with van der Waals surface area (Å²) in [5.41, 5.74) is 16.1. The van der Waals surface area contributed by atoms with Crippen molar-refractivity contribution in [1.82, 2.24) is 0 Å². The molecule has 0 nitrogen and oxygen atoms in total. The molecule has 2 aliphatic rings. The van der Waals surface area contributed by atoms with E-state index in [0.29, 0.717) is 11.8 Å². The summed E-state index contributed by atoms with van der Waals surface area (Å²) in [6.45, 7) is 0. The van der Waals surface area contributed by atoms with Crippen LogP contribution in [0.1, 0.15) is 42.2 Å². The van der Waals surface area contributed by atoms with Crippen molar-refractivity contribution in [2.24, 2.45) is 0 Å². The molecule has 0 N–H and O–H groups in total. The van der Waals surface area contributed by atoms with Crippen LogP contribution >= 0.6 is 0 Å². The van der Waals surface area contributed by atoms with Gasteiger partial charge in [-0.25, -0.2) is 0 Å². The monoisotopic (exact) mass is 674 g/mol. The van der Waals surface area contributed by atoms with Crippen LogP contribution in [-0.2, 0) is 0 Å². The molecule has 1 fully saturated rings. The van der Waals surface area contributed by atoms with Crippen LogP contribution in [0.3, 0.4) is 0 Å². The van der Waals surface area contributed by atoms with Gasteiger partial charge in [-0.1, -0.05) is 170 Å². The SMILES string of the molecule is c1cc(-c2ccc3ccccc3c2)cc(-c2c3ccccc3c(-c3ccccc3-c3ccc4c(c3)-c3ccccc3C3CCCC43)c3ccccc23)c1. The highest BCUT2D eigenvalue weighted by Crippen LogP contribution is 2.55. The molecule has 53 heavy (non-hydrogen) atoms. The summed E-state index contributed by atoms with van der Waals surface area (Å²) in [4.78, 5) is 0. The Morgan fingerprint density at radius 3 is 1.60 bits per heavy atom.